The van der Waals surface area contributed by atoms with Crippen molar-refractivity contribution in [3.05, 3.63) is 29.3 Å². The summed E-state index contributed by atoms with van der Waals surface area (Å²) in [7, 11) is 0. The van der Waals surface area contributed by atoms with Gasteiger partial charge in [-0.1, -0.05) is 19.3 Å². The first-order chi connectivity index (χ1) is 8.91. The number of rotatable bonds is 2. The molecule has 2 rings (SSSR count). The standard InChI is InChI=1S/C14H18F2N2O/c1-14(5-3-2-4-6-14)18-13(19)9-7-10(15)12(17)11(16)8-9/h7-8H,2-6,17H2,1H3,(H,18,19). The first kappa shape index (κ1) is 13.8. The average Bonchev–Trinajstić information content (AvgIpc) is 2.35. The Balaban J connectivity index is 2.16. The highest BCUT2D eigenvalue weighted by atomic mass is 19.1. The average molecular weight is 268 g/mol. The van der Waals surface area contributed by atoms with Crippen molar-refractivity contribution in [2.75, 3.05) is 5.73 Å². The van der Waals surface area contributed by atoms with Gasteiger partial charge in [-0.3, -0.25) is 4.79 Å². The fourth-order valence-electron chi connectivity index (χ4n) is 2.52. The van der Waals surface area contributed by atoms with Gasteiger partial charge in [0.25, 0.3) is 5.91 Å². The van der Waals surface area contributed by atoms with Gasteiger partial charge in [-0.15, -0.1) is 0 Å². The van der Waals surface area contributed by atoms with Gasteiger partial charge in [0, 0.05) is 11.1 Å². The molecule has 104 valence electrons. The Kier molecular flexibility index (Phi) is 3.73. The highest BCUT2D eigenvalue weighted by Gasteiger charge is 2.29. The van der Waals surface area contributed by atoms with Crippen LogP contribution in [0, 0.1) is 11.6 Å². The van der Waals surface area contributed by atoms with Gasteiger partial charge in [0.05, 0.1) is 0 Å². The molecule has 19 heavy (non-hydrogen) atoms. The normalized spacial score (nSPS) is 18.1. The molecule has 1 fully saturated rings. The first-order valence-corrected chi connectivity index (χ1v) is 6.48. The number of benzene rings is 1. The molecule has 0 heterocycles. The summed E-state index contributed by atoms with van der Waals surface area (Å²) in [5, 5.41) is 2.87. The number of hydrogen-bond acceptors (Lipinski definition) is 2. The lowest BCUT2D eigenvalue weighted by atomic mass is 9.83. The summed E-state index contributed by atoms with van der Waals surface area (Å²) in [6.07, 6.45) is 5.05. The van der Waals surface area contributed by atoms with E-state index in [1.165, 1.54) is 0 Å². The van der Waals surface area contributed by atoms with Crippen LogP contribution < -0.4 is 11.1 Å². The Bertz CT molecular complexity index is 473. The van der Waals surface area contributed by atoms with Gasteiger partial charge in [-0.25, -0.2) is 8.78 Å². The van der Waals surface area contributed by atoms with Crippen LogP contribution in [0.2, 0.25) is 0 Å². The Hall–Kier alpha value is -1.65. The number of nitrogens with two attached hydrogens (primary N) is 1. The van der Waals surface area contributed by atoms with Crippen molar-refractivity contribution in [1.82, 2.24) is 5.32 Å². The number of amides is 1. The summed E-state index contributed by atoms with van der Waals surface area (Å²) >= 11 is 0. The van der Waals surface area contributed by atoms with E-state index in [0.29, 0.717) is 0 Å². The van der Waals surface area contributed by atoms with Gasteiger partial charge in [0.15, 0.2) is 0 Å². The second-order valence-electron chi connectivity index (χ2n) is 5.43. The minimum atomic E-state index is -0.904. The van der Waals surface area contributed by atoms with Crippen molar-refractivity contribution >= 4 is 11.6 Å². The maximum atomic E-state index is 13.3. The van der Waals surface area contributed by atoms with Crippen LogP contribution in [0.4, 0.5) is 14.5 Å². The molecule has 0 radical (unpaired) electrons. The molecule has 1 aliphatic rings. The second-order valence-corrected chi connectivity index (χ2v) is 5.43. The van der Waals surface area contributed by atoms with Gasteiger partial charge in [-0.2, -0.15) is 0 Å². The lowest BCUT2D eigenvalue weighted by molar-refractivity contribution is 0.0882. The minimum Gasteiger partial charge on any atom is -0.394 e. The highest BCUT2D eigenvalue weighted by Crippen LogP contribution is 2.28. The van der Waals surface area contributed by atoms with Crippen molar-refractivity contribution in [3.8, 4) is 0 Å². The van der Waals surface area contributed by atoms with Crippen LogP contribution in [0.1, 0.15) is 49.4 Å². The van der Waals surface area contributed by atoms with E-state index < -0.39 is 23.2 Å². The summed E-state index contributed by atoms with van der Waals surface area (Å²) in [4.78, 5) is 12.0. The highest BCUT2D eigenvalue weighted by molar-refractivity contribution is 5.95. The Morgan fingerprint density at radius 2 is 1.74 bits per heavy atom. The largest absolute Gasteiger partial charge is 0.394 e. The molecule has 0 aromatic heterocycles. The third-order valence-corrected chi connectivity index (χ3v) is 3.71. The van der Waals surface area contributed by atoms with Crippen molar-refractivity contribution in [2.24, 2.45) is 0 Å². The number of nitrogens with one attached hydrogen (secondary N) is 1. The molecule has 3 N–H and O–H groups in total. The van der Waals surface area contributed by atoms with E-state index in [2.05, 4.69) is 5.32 Å². The lowest BCUT2D eigenvalue weighted by Gasteiger charge is -2.34. The van der Waals surface area contributed by atoms with Crippen LogP contribution in [0.15, 0.2) is 12.1 Å². The van der Waals surface area contributed by atoms with E-state index in [1.807, 2.05) is 6.92 Å². The third-order valence-electron chi connectivity index (χ3n) is 3.71. The smallest absolute Gasteiger partial charge is 0.251 e. The van der Waals surface area contributed by atoms with Crippen LogP contribution in [0.25, 0.3) is 0 Å². The summed E-state index contributed by atoms with van der Waals surface area (Å²) < 4.78 is 26.7. The zero-order chi connectivity index (χ0) is 14.0. The molecule has 1 aromatic carbocycles. The first-order valence-electron chi connectivity index (χ1n) is 6.48. The topological polar surface area (TPSA) is 55.1 Å². The number of carbonyl (C=O) groups is 1. The molecule has 0 spiro atoms. The molecule has 1 aliphatic carbocycles. The SMILES string of the molecule is CC1(NC(=O)c2cc(F)c(N)c(F)c2)CCCCC1. The summed E-state index contributed by atoms with van der Waals surface area (Å²) in [6.45, 7) is 1.97. The molecule has 1 amide bonds. The molecule has 1 saturated carbocycles. The second kappa shape index (κ2) is 5.15. The van der Waals surface area contributed by atoms with Crippen LogP contribution >= 0.6 is 0 Å². The van der Waals surface area contributed by atoms with Crippen LogP contribution in [0.3, 0.4) is 0 Å². The van der Waals surface area contributed by atoms with E-state index in [1.54, 1.807) is 0 Å². The van der Waals surface area contributed by atoms with Gasteiger partial charge < -0.3 is 11.1 Å². The quantitative estimate of drug-likeness (QED) is 0.810. The van der Waals surface area contributed by atoms with Gasteiger partial charge in [-0.05, 0) is 31.9 Å². The van der Waals surface area contributed by atoms with Gasteiger partial charge >= 0.3 is 0 Å². The molecule has 1 aromatic rings. The molecule has 0 unspecified atom stereocenters. The fraction of sp³-hybridized carbons (Fsp3) is 0.500. The van der Waals surface area contributed by atoms with E-state index in [-0.39, 0.29) is 11.1 Å². The summed E-state index contributed by atoms with van der Waals surface area (Å²) in [5.41, 5.74) is 4.30. The van der Waals surface area contributed by atoms with Crippen molar-refractivity contribution < 1.29 is 13.6 Å². The minimum absolute atomic E-state index is 0.0315. The van der Waals surface area contributed by atoms with Crippen molar-refractivity contribution in [2.45, 2.75) is 44.6 Å². The maximum absolute atomic E-state index is 13.3. The van der Waals surface area contributed by atoms with E-state index in [4.69, 9.17) is 5.73 Å². The fourth-order valence-corrected chi connectivity index (χ4v) is 2.52. The van der Waals surface area contributed by atoms with Crippen molar-refractivity contribution in [3.63, 3.8) is 0 Å². The Morgan fingerprint density at radius 1 is 1.21 bits per heavy atom. The molecule has 0 aliphatic heterocycles. The number of carbonyl (C=O) groups excluding carboxylic acids is 1. The predicted molar refractivity (Wildman–Crippen MR) is 69.7 cm³/mol. The van der Waals surface area contributed by atoms with Gasteiger partial charge in [0.2, 0.25) is 0 Å². The van der Waals surface area contributed by atoms with E-state index in [9.17, 15) is 13.6 Å². The van der Waals surface area contributed by atoms with E-state index in [0.717, 1.165) is 44.2 Å². The summed E-state index contributed by atoms with van der Waals surface area (Å²) in [6, 6.07) is 1.94. The van der Waals surface area contributed by atoms with Crippen LogP contribution in [0.5, 0.6) is 0 Å². The molecule has 0 saturated heterocycles. The van der Waals surface area contributed by atoms with Crippen LogP contribution in [-0.2, 0) is 0 Å². The molecule has 3 nitrogen and oxygen atoms in total. The number of anilines is 1. The maximum Gasteiger partial charge on any atom is 0.251 e. The molecular weight excluding hydrogens is 250 g/mol. The number of halogens is 2. The monoisotopic (exact) mass is 268 g/mol. The number of nitrogen functional groups attached to an aromatic ring is 1. The Morgan fingerprint density at radius 3 is 2.26 bits per heavy atom. The molecule has 0 bridgehead atoms. The Labute approximate surface area is 111 Å². The van der Waals surface area contributed by atoms with Crippen LogP contribution in [-0.4, -0.2) is 11.4 Å². The third kappa shape index (κ3) is 3.03. The molecule has 5 heteroatoms. The van der Waals surface area contributed by atoms with Crippen molar-refractivity contribution in [1.29, 1.82) is 0 Å². The molecule has 0 atom stereocenters. The summed E-state index contributed by atoms with van der Waals surface area (Å²) in [5.74, 6) is -2.26. The van der Waals surface area contributed by atoms with E-state index >= 15 is 0 Å². The van der Waals surface area contributed by atoms with Gasteiger partial charge in [0.1, 0.15) is 17.3 Å². The zero-order valence-corrected chi connectivity index (χ0v) is 10.9. The zero-order valence-electron chi connectivity index (χ0n) is 10.9. The lowest BCUT2D eigenvalue weighted by Crippen LogP contribution is -2.47. The predicted octanol–water partition coefficient (Wildman–Crippen LogP) is 3.00. The number of hydrogen-bond donors (Lipinski definition) is 2. The molecular formula is C14H18F2N2O.